The fraction of sp³-hybridized carbons (Fsp3) is 1.00. The molecule has 1 nitrogen and oxygen atoms in total. The molecule has 0 aromatic rings. The van der Waals surface area contributed by atoms with Gasteiger partial charge >= 0.3 is 72.1 Å². The van der Waals surface area contributed by atoms with Gasteiger partial charge in [0.05, 0.1) is 0 Å². The summed E-state index contributed by atoms with van der Waals surface area (Å²) in [6.07, 6.45) is 2.11. The first kappa shape index (κ1) is 10.1. The van der Waals surface area contributed by atoms with Gasteiger partial charge in [0, 0.05) is 0 Å². The first-order valence-electron chi connectivity index (χ1n) is 2.97. The molecule has 0 aliphatic heterocycles. The molecular weight excluding hydrogens is 248 g/mol. The van der Waals surface area contributed by atoms with Gasteiger partial charge in [0.1, 0.15) is 0 Å². The molecule has 0 bridgehead atoms. The van der Waals surface area contributed by atoms with Gasteiger partial charge in [0.15, 0.2) is 0 Å². The maximum atomic E-state index is 5.33. The molecule has 3 heteroatoms. The summed E-state index contributed by atoms with van der Waals surface area (Å²) in [6.45, 7) is 1.94. The van der Waals surface area contributed by atoms with Crippen LogP contribution in [0.15, 0.2) is 0 Å². The SMILES string of the molecule is CSCCOCC[Te]C. The Kier molecular flexibility index (Phi) is 10.2. The van der Waals surface area contributed by atoms with Crippen molar-refractivity contribution in [3.63, 3.8) is 0 Å². The molecule has 0 aliphatic rings. The third kappa shape index (κ3) is 9.10. The molecule has 56 valence electrons. The average molecular weight is 262 g/mol. The third-order valence-corrected chi connectivity index (χ3v) is 3.08. The second-order valence-electron chi connectivity index (χ2n) is 1.60. The Labute approximate surface area is 72.0 Å². The molecule has 0 fully saturated rings. The summed E-state index contributed by atoms with van der Waals surface area (Å²) in [5.41, 5.74) is 0. The maximum absolute atomic E-state index is 5.33. The van der Waals surface area contributed by atoms with E-state index in [0.717, 1.165) is 19.0 Å². The van der Waals surface area contributed by atoms with E-state index in [9.17, 15) is 0 Å². The topological polar surface area (TPSA) is 9.23 Å². The molecule has 0 atom stereocenters. The Morgan fingerprint density at radius 3 is 2.78 bits per heavy atom. The summed E-state index contributed by atoms with van der Waals surface area (Å²) in [5.74, 6) is 1.14. The van der Waals surface area contributed by atoms with E-state index in [1.54, 1.807) is 0 Å². The number of hydrogen-bond donors (Lipinski definition) is 0. The van der Waals surface area contributed by atoms with Crippen molar-refractivity contribution in [3.05, 3.63) is 0 Å². The Hall–Kier alpha value is 1.10. The van der Waals surface area contributed by atoms with Crippen molar-refractivity contribution in [2.24, 2.45) is 0 Å². The third-order valence-electron chi connectivity index (χ3n) is 0.864. The zero-order chi connectivity index (χ0) is 6.95. The van der Waals surface area contributed by atoms with E-state index in [4.69, 9.17) is 4.74 Å². The Morgan fingerprint density at radius 2 is 2.22 bits per heavy atom. The van der Waals surface area contributed by atoms with E-state index < -0.39 is 0 Å². The number of hydrogen-bond acceptors (Lipinski definition) is 2. The summed E-state index contributed by atoms with van der Waals surface area (Å²) >= 11 is 2.16. The van der Waals surface area contributed by atoms with Crippen LogP contribution in [0.5, 0.6) is 0 Å². The number of rotatable bonds is 6. The van der Waals surface area contributed by atoms with Crippen molar-refractivity contribution in [3.8, 4) is 0 Å². The predicted molar refractivity (Wildman–Crippen MR) is 45.6 cm³/mol. The molecule has 0 saturated heterocycles. The summed E-state index contributed by atoms with van der Waals surface area (Å²) in [4.78, 5) is 2.31. The molecule has 0 heterocycles. The van der Waals surface area contributed by atoms with Gasteiger partial charge in [-0.05, 0) is 0 Å². The standard InChI is InChI=1S/C6H14OSTe/c1-8-5-3-7-4-6-9-2/h3-6H2,1-2H3. The van der Waals surface area contributed by atoms with Gasteiger partial charge in [-0.1, -0.05) is 0 Å². The zero-order valence-electron chi connectivity index (χ0n) is 6.05. The van der Waals surface area contributed by atoms with Crippen LogP contribution in [0.25, 0.3) is 0 Å². The van der Waals surface area contributed by atoms with E-state index in [1.807, 2.05) is 11.8 Å². The molecule has 9 heavy (non-hydrogen) atoms. The normalized spacial score (nSPS) is 10.0. The van der Waals surface area contributed by atoms with Crippen LogP contribution in [0, 0.1) is 0 Å². The van der Waals surface area contributed by atoms with Crippen LogP contribution < -0.4 is 0 Å². The van der Waals surface area contributed by atoms with Crippen molar-refractivity contribution < 1.29 is 4.74 Å². The van der Waals surface area contributed by atoms with Gasteiger partial charge in [-0.15, -0.1) is 0 Å². The van der Waals surface area contributed by atoms with Crippen molar-refractivity contribution in [2.75, 3.05) is 25.2 Å². The Balaban J connectivity index is 2.60. The van der Waals surface area contributed by atoms with Crippen LogP contribution in [0.3, 0.4) is 0 Å². The molecule has 0 aromatic carbocycles. The molecule has 0 saturated carbocycles. The zero-order valence-corrected chi connectivity index (χ0v) is 9.20. The van der Waals surface area contributed by atoms with Crippen LogP contribution in [0.4, 0.5) is 0 Å². The van der Waals surface area contributed by atoms with Gasteiger partial charge in [-0.3, -0.25) is 0 Å². The molecule has 0 rings (SSSR count). The second-order valence-corrected chi connectivity index (χ2v) is 5.40. The van der Waals surface area contributed by atoms with E-state index >= 15 is 0 Å². The summed E-state index contributed by atoms with van der Waals surface area (Å²) in [6, 6.07) is 0. The average Bonchev–Trinajstić information content (AvgIpc) is 1.89. The molecule has 0 radical (unpaired) electrons. The van der Waals surface area contributed by atoms with Crippen LogP contribution >= 0.6 is 11.8 Å². The van der Waals surface area contributed by atoms with E-state index in [0.29, 0.717) is 20.9 Å². The molecule has 0 aliphatic carbocycles. The number of thioether (sulfide) groups is 1. The summed E-state index contributed by atoms with van der Waals surface area (Å²) < 4.78 is 6.66. The first-order valence-corrected chi connectivity index (χ1v) is 8.34. The fourth-order valence-electron chi connectivity index (χ4n) is 0.387. The monoisotopic (exact) mass is 264 g/mol. The van der Waals surface area contributed by atoms with Crippen molar-refractivity contribution in [1.82, 2.24) is 0 Å². The Bertz CT molecular complexity index is 46.3. The van der Waals surface area contributed by atoms with Crippen molar-refractivity contribution in [2.45, 2.75) is 9.44 Å². The molecule has 0 aromatic heterocycles. The molecule has 0 spiro atoms. The minimum atomic E-state index is 0.311. The minimum absolute atomic E-state index is 0.311. The van der Waals surface area contributed by atoms with Gasteiger partial charge in [0.25, 0.3) is 0 Å². The van der Waals surface area contributed by atoms with Gasteiger partial charge in [-0.25, -0.2) is 0 Å². The van der Waals surface area contributed by atoms with Crippen LogP contribution in [0.2, 0.25) is 9.44 Å². The van der Waals surface area contributed by atoms with Crippen molar-refractivity contribution >= 4 is 32.7 Å². The number of ether oxygens (including phenoxy) is 1. The molecule has 0 unspecified atom stereocenters. The van der Waals surface area contributed by atoms with Gasteiger partial charge in [0.2, 0.25) is 0 Å². The summed E-state index contributed by atoms with van der Waals surface area (Å²) in [7, 11) is 0. The quantitative estimate of drug-likeness (QED) is 0.530. The van der Waals surface area contributed by atoms with E-state index in [-0.39, 0.29) is 0 Å². The van der Waals surface area contributed by atoms with Crippen LogP contribution in [-0.4, -0.2) is 46.1 Å². The fourth-order valence-corrected chi connectivity index (χ4v) is 1.48. The molecule has 0 N–H and O–H groups in total. The molecular formula is C6H14OSTe. The van der Waals surface area contributed by atoms with E-state index in [2.05, 4.69) is 11.2 Å². The van der Waals surface area contributed by atoms with Crippen LogP contribution in [-0.2, 0) is 4.74 Å². The Morgan fingerprint density at radius 1 is 1.44 bits per heavy atom. The summed E-state index contributed by atoms with van der Waals surface area (Å²) in [5, 5.41) is 0. The van der Waals surface area contributed by atoms with E-state index in [1.165, 1.54) is 4.47 Å². The van der Waals surface area contributed by atoms with Gasteiger partial charge in [-0.2, -0.15) is 0 Å². The first-order chi connectivity index (χ1) is 4.41. The second kappa shape index (κ2) is 9.10. The van der Waals surface area contributed by atoms with Crippen LogP contribution in [0.1, 0.15) is 0 Å². The van der Waals surface area contributed by atoms with Crippen molar-refractivity contribution in [1.29, 1.82) is 0 Å². The predicted octanol–water partition coefficient (Wildman–Crippen LogP) is 1.54. The molecule has 0 amide bonds. The van der Waals surface area contributed by atoms with Gasteiger partial charge < -0.3 is 0 Å².